The number of benzene rings is 1. The van der Waals surface area contributed by atoms with Crippen molar-refractivity contribution < 1.29 is 9.26 Å². The van der Waals surface area contributed by atoms with Gasteiger partial charge >= 0.3 is 0 Å². The number of hydrogen-bond acceptors (Lipinski definition) is 4. The number of methoxy groups -OCH3 is 1. The maximum Gasteiger partial charge on any atom is 0.171 e. The van der Waals surface area contributed by atoms with Gasteiger partial charge in [-0.05, 0) is 23.6 Å². The van der Waals surface area contributed by atoms with E-state index in [9.17, 15) is 0 Å². The van der Waals surface area contributed by atoms with E-state index in [2.05, 4.69) is 5.16 Å². The average molecular weight is 231 g/mol. The van der Waals surface area contributed by atoms with Gasteiger partial charge in [0.2, 0.25) is 0 Å². The molecule has 0 atom stereocenters. The summed E-state index contributed by atoms with van der Waals surface area (Å²) in [4.78, 5) is 1.11. The van der Waals surface area contributed by atoms with Crippen LogP contribution in [0.1, 0.15) is 0 Å². The molecule has 3 nitrogen and oxygen atoms in total. The molecule has 3 aromatic rings. The first-order chi connectivity index (χ1) is 7.88. The summed E-state index contributed by atoms with van der Waals surface area (Å²) in [6, 6.07) is 9.77. The number of rotatable bonds is 2. The number of fused-ring (bicyclic) bond motifs is 1. The van der Waals surface area contributed by atoms with Crippen LogP contribution in [0.5, 0.6) is 5.75 Å². The van der Waals surface area contributed by atoms with Crippen molar-refractivity contribution in [3.63, 3.8) is 0 Å². The molecule has 2 heterocycles. The van der Waals surface area contributed by atoms with Gasteiger partial charge in [-0.2, -0.15) is 0 Å². The SMILES string of the molecule is COc1ccc2c(-c3cccs3)noc2c1. The molecule has 0 saturated carbocycles. The molecule has 0 unspecified atom stereocenters. The Bertz CT molecular complexity index is 613. The summed E-state index contributed by atoms with van der Waals surface area (Å²) in [5.74, 6) is 0.779. The van der Waals surface area contributed by atoms with Crippen molar-refractivity contribution in [1.82, 2.24) is 5.16 Å². The van der Waals surface area contributed by atoms with E-state index in [-0.39, 0.29) is 0 Å². The van der Waals surface area contributed by atoms with E-state index in [1.165, 1.54) is 0 Å². The maximum absolute atomic E-state index is 5.29. The summed E-state index contributed by atoms with van der Waals surface area (Å²) in [5, 5.41) is 7.14. The Morgan fingerprint density at radius 2 is 2.25 bits per heavy atom. The molecule has 0 radical (unpaired) electrons. The predicted molar refractivity (Wildman–Crippen MR) is 63.9 cm³/mol. The summed E-state index contributed by atoms with van der Waals surface area (Å²) in [6.07, 6.45) is 0. The fourth-order valence-electron chi connectivity index (χ4n) is 1.64. The van der Waals surface area contributed by atoms with Crippen LogP contribution in [-0.4, -0.2) is 12.3 Å². The lowest BCUT2D eigenvalue weighted by atomic mass is 10.2. The molecule has 0 fully saturated rings. The van der Waals surface area contributed by atoms with Crippen LogP contribution in [0.15, 0.2) is 40.2 Å². The van der Waals surface area contributed by atoms with Crippen molar-refractivity contribution in [2.24, 2.45) is 0 Å². The van der Waals surface area contributed by atoms with Crippen LogP contribution in [-0.2, 0) is 0 Å². The molecule has 80 valence electrons. The smallest absolute Gasteiger partial charge is 0.171 e. The van der Waals surface area contributed by atoms with Crippen molar-refractivity contribution >= 4 is 22.3 Å². The maximum atomic E-state index is 5.29. The Balaban J connectivity index is 2.21. The second kappa shape index (κ2) is 3.64. The number of thiophene rings is 1. The van der Waals surface area contributed by atoms with Crippen LogP contribution in [0.2, 0.25) is 0 Å². The summed E-state index contributed by atoms with van der Waals surface area (Å²) >= 11 is 1.65. The number of nitrogens with zero attached hydrogens (tertiary/aromatic N) is 1. The molecule has 0 aliphatic carbocycles. The van der Waals surface area contributed by atoms with Crippen molar-refractivity contribution in [3.8, 4) is 16.3 Å². The van der Waals surface area contributed by atoms with Gasteiger partial charge in [0.1, 0.15) is 11.4 Å². The molecule has 4 heteroatoms. The Morgan fingerprint density at radius 3 is 3.00 bits per heavy atom. The second-order valence-corrected chi connectivity index (χ2v) is 4.32. The first-order valence-corrected chi connectivity index (χ1v) is 5.74. The highest BCUT2D eigenvalue weighted by Gasteiger charge is 2.11. The number of hydrogen-bond donors (Lipinski definition) is 0. The summed E-state index contributed by atoms with van der Waals surface area (Å²) in [6.45, 7) is 0. The molecular weight excluding hydrogens is 222 g/mol. The minimum absolute atomic E-state index is 0.753. The standard InChI is InChI=1S/C12H9NO2S/c1-14-8-4-5-9-10(7-8)15-13-12(9)11-3-2-6-16-11/h2-7H,1H3. The lowest BCUT2D eigenvalue weighted by Crippen LogP contribution is -1.80. The predicted octanol–water partition coefficient (Wildman–Crippen LogP) is 3.56. The van der Waals surface area contributed by atoms with Crippen molar-refractivity contribution in [3.05, 3.63) is 35.7 Å². The van der Waals surface area contributed by atoms with E-state index in [4.69, 9.17) is 9.26 Å². The Hall–Kier alpha value is -1.81. The second-order valence-electron chi connectivity index (χ2n) is 3.37. The van der Waals surface area contributed by atoms with E-state index in [1.54, 1.807) is 18.4 Å². The van der Waals surface area contributed by atoms with Crippen molar-refractivity contribution in [1.29, 1.82) is 0 Å². The third-order valence-corrected chi connectivity index (χ3v) is 3.31. The van der Waals surface area contributed by atoms with Crippen LogP contribution < -0.4 is 4.74 Å². The fraction of sp³-hybridized carbons (Fsp3) is 0.0833. The summed E-state index contributed by atoms with van der Waals surface area (Å²) < 4.78 is 10.4. The molecule has 0 aliphatic heterocycles. The molecular formula is C12H9NO2S. The Labute approximate surface area is 96.3 Å². The minimum atomic E-state index is 0.753. The van der Waals surface area contributed by atoms with Crippen molar-refractivity contribution in [2.45, 2.75) is 0 Å². The largest absolute Gasteiger partial charge is 0.497 e. The zero-order chi connectivity index (χ0) is 11.0. The molecule has 0 N–H and O–H groups in total. The van der Waals surface area contributed by atoms with E-state index in [1.807, 2.05) is 35.7 Å². The quantitative estimate of drug-likeness (QED) is 0.676. The average Bonchev–Trinajstić information content (AvgIpc) is 2.96. The lowest BCUT2D eigenvalue weighted by Gasteiger charge is -1.97. The van der Waals surface area contributed by atoms with Gasteiger partial charge in [0.25, 0.3) is 0 Å². The monoisotopic (exact) mass is 231 g/mol. The molecule has 3 rings (SSSR count). The molecule has 2 aromatic heterocycles. The Morgan fingerprint density at radius 1 is 1.31 bits per heavy atom. The highest BCUT2D eigenvalue weighted by Crippen LogP contribution is 2.32. The molecule has 1 aromatic carbocycles. The zero-order valence-electron chi connectivity index (χ0n) is 8.64. The van der Waals surface area contributed by atoms with Gasteiger partial charge in [-0.25, -0.2) is 0 Å². The first kappa shape index (κ1) is 9.42. The van der Waals surface area contributed by atoms with E-state index < -0.39 is 0 Å². The van der Waals surface area contributed by atoms with Gasteiger partial charge < -0.3 is 9.26 Å². The van der Waals surface area contributed by atoms with Gasteiger partial charge in [-0.1, -0.05) is 11.2 Å². The van der Waals surface area contributed by atoms with Crippen LogP contribution in [0.4, 0.5) is 0 Å². The Kier molecular flexibility index (Phi) is 2.15. The van der Waals surface area contributed by atoms with Gasteiger partial charge in [0.15, 0.2) is 5.58 Å². The highest BCUT2D eigenvalue weighted by atomic mass is 32.1. The molecule has 0 bridgehead atoms. The van der Waals surface area contributed by atoms with E-state index >= 15 is 0 Å². The molecule has 0 amide bonds. The molecule has 0 spiro atoms. The summed E-state index contributed by atoms with van der Waals surface area (Å²) in [7, 11) is 1.64. The fourth-order valence-corrected chi connectivity index (χ4v) is 2.36. The first-order valence-electron chi connectivity index (χ1n) is 4.86. The number of ether oxygens (including phenoxy) is 1. The minimum Gasteiger partial charge on any atom is -0.497 e. The van der Waals surface area contributed by atoms with Gasteiger partial charge in [-0.3, -0.25) is 0 Å². The third kappa shape index (κ3) is 1.39. The van der Waals surface area contributed by atoms with Gasteiger partial charge in [-0.15, -0.1) is 11.3 Å². The molecule has 0 aliphatic rings. The topological polar surface area (TPSA) is 35.3 Å². The lowest BCUT2D eigenvalue weighted by molar-refractivity contribution is 0.412. The van der Waals surface area contributed by atoms with Crippen LogP contribution >= 0.6 is 11.3 Å². The van der Waals surface area contributed by atoms with Crippen LogP contribution in [0.3, 0.4) is 0 Å². The van der Waals surface area contributed by atoms with Crippen molar-refractivity contribution in [2.75, 3.05) is 7.11 Å². The van der Waals surface area contributed by atoms with Gasteiger partial charge in [0.05, 0.1) is 17.4 Å². The summed E-state index contributed by atoms with van der Waals surface area (Å²) in [5.41, 5.74) is 1.65. The molecule has 0 saturated heterocycles. The van der Waals surface area contributed by atoms with E-state index in [0.717, 1.165) is 27.3 Å². The zero-order valence-corrected chi connectivity index (χ0v) is 9.45. The third-order valence-electron chi connectivity index (χ3n) is 2.43. The number of aromatic nitrogens is 1. The van der Waals surface area contributed by atoms with Crippen LogP contribution in [0.25, 0.3) is 21.5 Å². The van der Waals surface area contributed by atoms with Gasteiger partial charge in [0, 0.05) is 6.07 Å². The van der Waals surface area contributed by atoms with Crippen LogP contribution in [0, 0.1) is 0 Å². The molecule has 16 heavy (non-hydrogen) atoms. The normalized spacial score (nSPS) is 10.8. The highest BCUT2D eigenvalue weighted by molar-refractivity contribution is 7.13. The van der Waals surface area contributed by atoms with E-state index in [0.29, 0.717) is 0 Å².